The maximum atomic E-state index is 11.5. The van der Waals surface area contributed by atoms with Gasteiger partial charge in [-0.1, -0.05) is 18.2 Å². The average molecular weight is 275 g/mol. The number of benzene rings is 1. The third kappa shape index (κ3) is 2.37. The Hall–Kier alpha value is -1.42. The van der Waals surface area contributed by atoms with Gasteiger partial charge in [0.15, 0.2) is 0 Å². The van der Waals surface area contributed by atoms with Crippen molar-refractivity contribution >= 4 is 27.6 Å². The number of rotatable bonds is 2. The quantitative estimate of drug-likeness (QED) is 0.784. The Kier molecular flexibility index (Phi) is 3.51. The Morgan fingerprint density at radius 1 is 1.26 bits per heavy atom. The first-order valence-corrected chi connectivity index (χ1v) is 7.49. The zero-order valence-corrected chi connectivity index (χ0v) is 11.8. The molecule has 100 valence electrons. The highest BCUT2D eigenvalue weighted by molar-refractivity contribution is 7.13. The average Bonchev–Trinajstić information content (AvgIpc) is 2.90. The van der Waals surface area contributed by atoms with Crippen LogP contribution in [0.4, 0.5) is 0 Å². The molecule has 1 aromatic heterocycles. The number of carbonyl (C=O) groups is 1. The van der Waals surface area contributed by atoms with Gasteiger partial charge in [-0.3, -0.25) is 4.79 Å². The Balaban J connectivity index is 1.77. The topological polar surface area (TPSA) is 39.2 Å². The lowest BCUT2D eigenvalue weighted by Gasteiger charge is -2.25. The normalized spacial score (nSPS) is 23.4. The number of fused-ring (bicyclic) bond motifs is 1. The van der Waals surface area contributed by atoms with Crippen molar-refractivity contribution in [2.24, 2.45) is 5.92 Å². The highest BCUT2D eigenvalue weighted by Gasteiger charge is 2.29. The molecule has 2 aromatic rings. The molecule has 1 saturated carbocycles. The third-order valence-corrected chi connectivity index (χ3v) is 4.89. The predicted molar refractivity (Wildman–Crippen MR) is 76.3 cm³/mol. The second-order valence-corrected chi connectivity index (χ2v) is 5.94. The van der Waals surface area contributed by atoms with Gasteiger partial charge in [-0.05, 0) is 43.3 Å². The molecule has 0 saturated heterocycles. The summed E-state index contributed by atoms with van der Waals surface area (Å²) >= 11 is 1.58. The lowest BCUT2D eigenvalue weighted by molar-refractivity contribution is -0.146. The van der Waals surface area contributed by atoms with E-state index in [4.69, 9.17) is 4.74 Å². The minimum atomic E-state index is -0.0541. The highest BCUT2D eigenvalue weighted by Crippen LogP contribution is 2.39. The first kappa shape index (κ1) is 12.6. The van der Waals surface area contributed by atoms with Crippen LogP contribution in [0.3, 0.4) is 0 Å². The number of hydrogen-bond donors (Lipinski definition) is 0. The molecule has 0 spiro atoms. The molecule has 1 aliphatic rings. The van der Waals surface area contributed by atoms with Gasteiger partial charge in [0.05, 0.1) is 23.4 Å². The van der Waals surface area contributed by atoms with Gasteiger partial charge in [0.2, 0.25) is 0 Å². The van der Waals surface area contributed by atoms with Crippen LogP contribution in [0.15, 0.2) is 24.3 Å². The van der Waals surface area contributed by atoms with Crippen molar-refractivity contribution in [3.8, 4) is 0 Å². The van der Waals surface area contributed by atoms with Crippen LogP contribution in [0, 0.1) is 5.92 Å². The first-order valence-electron chi connectivity index (χ1n) is 6.71. The van der Waals surface area contributed by atoms with E-state index in [9.17, 15) is 4.79 Å². The summed E-state index contributed by atoms with van der Waals surface area (Å²) in [7, 11) is 1.47. The smallest absolute Gasteiger partial charge is 0.308 e. The molecule has 0 aliphatic heterocycles. The number of methoxy groups -OCH3 is 1. The maximum Gasteiger partial charge on any atom is 0.308 e. The molecule has 4 heteroatoms. The Labute approximate surface area is 116 Å². The van der Waals surface area contributed by atoms with Crippen molar-refractivity contribution in [1.82, 2.24) is 4.37 Å². The van der Waals surface area contributed by atoms with E-state index in [1.165, 1.54) is 22.9 Å². The molecule has 1 aromatic carbocycles. The predicted octanol–water partition coefficient (Wildman–Crippen LogP) is 3.74. The number of esters is 1. The number of aromatic nitrogens is 1. The minimum absolute atomic E-state index is 0.0541. The molecule has 0 amide bonds. The first-order chi connectivity index (χ1) is 9.29. The van der Waals surface area contributed by atoms with Crippen molar-refractivity contribution in [3.05, 3.63) is 30.0 Å². The second kappa shape index (κ2) is 5.29. The Morgan fingerprint density at radius 2 is 2.00 bits per heavy atom. The number of hydrogen-bond acceptors (Lipinski definition) is 4. The fourth-order valence-corrected chi connectivity index (χ4v) is 3.82. The number of ether oxygens (including phenoxy) is 1. The van der Waals surface area contributed by atoms with Crippen LogP contribution in [0.5, 0.6) is 0 Å². The van der Waals surface area contributed by atoms with Crippen LogP contribution in [-0.2, 0) is 9.53 Å². The molecular formula is C15H17NO2S. The summed E-state index contributed by atoms with van der Waals surface area (Å²) in [5.41, 5.74) is 1.23. The van der Waals surface area contributed by atoms with E-state index < -0.39 is 0 Å². The van der Waals surface area contributed by atoms with Gasteiger partial charge in [0.25, 0.3) is 0 Å². The fourth-order valence-electron chi connectivity index (χ4n) is 2.97. The molecule has 1 heterocycles. The van der Waals surface area contributed by atoms with Gasteiger partial charge in [-0.2, -0.15) is 4.37 Å². The zero-order valence-electron chi connectivity index (χ0n) is 11.0. The molecule has 3 rings (SSSR count). The summed E-state index contributed by atoms with van der Waals surface area (Å²) in [5, 5.41) is 1.29. The van der Waals surface area contributed by atoms with Crippen LogP contribution >= 0.6 is 11.5 Å². The minimum Gasteiger partial charge on any atom is -0.469 e. The van der Waals surface area contributed by atoms with E-state index >= 15 is 0 Å². The largest absolute Gasteiger partial charge is 0.469 e. The van der Waals surface area contributed by atoms with Crippen LogP contribution in [0.2, 0.25) is 0 Å². The summed E-state index contributed by atoms with van der Waals surface area (Å²) in [4.78, 5) is 11.5. The molecule has 19 heavy (non-hydrogen) atoms. The van der Waals surface area contributed by atoms with Gasteiger partial charge in [0, 0.05) is 11.3 Å². The van der Waals surface area contributed by atoms with E-state index in [1.807, 2.05) is 0 Å². The van der Waals surface area contributed by atoms with Gasteiger partial charge in [0.1, 0.15) is 0 Å². The van der Waals surface area contributed by atoms with Gasteiger partial charge < -0.3 is 4.74 Å². The van der Waals surface area contributed by atoms with E-state index in [1.54, 1.807) is 11.5 Å². The van der Waals surface area contributed by atoms with Crippen molar-refractivity contribution in [2.45, 2.75) is 31.6 Å². The highest BCUT2D eigenvalue weighted by atomic mass is 32.1. The van der Waals surface area contributed by atoms with Gasteiger partial charge >= 0.3 is 5.97 Å². The van der Waals surface area contributed by atoms with E-state index in [0.29, 0.717) is 5.92 Å². The van der Waals surface area contributed by atoms with Gasteiger partial charge in [-0.15, -0.1) is 0 Å². The molecule has 1 fully saturated rings. The molecule has 0 atom stereocenters. The van der Waals surface area contributed by atoms with Crippen LogP contribution in [-0.4, -0.2) is 17.5 Å². The van der Waals surface area contributed by atoms with Crippen molar-refractivity contribution in [1.29, 1.82) is 0 Å². The third-order valence-electron chi connectivity index (χ3n) is 4.05. The van der Waals surface area contributed by atoms with E-state index in [0.717, 1.165) is 25.7 Å². The summed E-state index contributed by atoms with van der Waals surface area (Å²) in [6.07, 6.45) is 3.91. The summed E-state index contributed by atoms with van der Waals surface area (Å²) in [6.45, 7) is 0. The molecule has 0 radical (unpaired) electrons. The lowest BCUT2D eigenvalue weighted by atomic mass is 9.80. The molecule has 0 N–H and O–H groups in total. The Bertz CT molecular complexity index is 585. The van der Waals surface area contributed by atoms with Crippen LogP contribution in [0.1, 0.15) is 37.3 Å². The van der Waals surface area contributed by atoms with Crippen LogP contribution in [0.25, 0.3) is 10.1 Å². The standard InChI is InChI=1S/C15H17NO2S/c1-18-15(17)11-8-6-10(7-9-11)14-12-4-2-3-5-13(12)19-16-14/h2-5,10-11H,6-9H2,1H3/t10-,11-. The molecule has 0 bridgehead atoms. The monoisotopic (exact) mass is 275 g/mol. The summed E-state index contributed by atoms with van der Waals surface area (Å²) in [5.74, 6) is 0.532. The molecular weight excluding hydrogens is 258 g/mol. The molecule has 3 nitrogen and oxygen atoms in total. The zero-order chi connectivity index (χ0) is 13.2. The number of carbonyl (C=O) groups excluding carboxylic acids is 1. The maximum absolute atomic E-state index is 11.5. The second-order valence-electron chi connectivity index (χ2n) is 5.14. The van der Waals surface area contributed by atoms with Crippen LogP contribution < -0.4 is 0 Å². The molecule has 0 unspecified atom stereocenters. The van der Waals surface area contributed by atoms with Crippen molar-refractivity contribution in [2.75, 3.05) is 7.11 Å². The molecule has 1 aliphatic carbocycles. The van der Waals surface area contributed by atoms with E-state index in [-0.39, 0.29) is 11.9 Å². The van der Waals surface area contributed by atoms with Crippen molar-refractivity contribution in [3.63, 3.8) is 0 Å². The Morgan fingerprint density at radius 3 is 2.74 bits per heavy atom. The van der Waals surface area contributed by atoms with Gasteiger partial charge in [-0.25, -0.2) is 0 Å². The summed E-state index contributed by atoms with van der Waals surface area (Å²) < 4.78 is 10.7. The lowest BCUT2D eigenvalue weighted by Crippen LogP contribution is -2.22. The number of nitrogens with zero attached hydrogens (tertiary/aromatic N) is 1. The van der Waals surface area contributed by atoms with E-state index in [2.05, 4.69) is 28.6 Å². The SMILES string of the molecule is COC(=O)[C@H]1CC[C@H](c2nsc3ccccc32)CC1. The fraction of sp³-hybridized carbons (Fsp3) is 0.467. The van der Waals surface area contributed by atoms with Crippen molar-refractivity contribution < 1.29 is 9.53 Å². The summed E-state index contributed by atoms with van der Waals surface area (Å²) in [6, 6.07) is 8.40.